The quantitative estimate of drug-likeness (QED) is 0.723. The second-order valence-electron chi connectivity index (χ2n) is 4.97. The number of rotatable bonds is 5. The maximum absolute atomic E-state index is 12.3. The summed E-state index contributed by atoms with van der Waals surface area (Å²) < 4.78 is 29.7. The van der Waals surface area contributed by atoms with Gasteiger partial charge in [0.2, 0.25) is 0 Å². The van der Waals surface area contributed by atoms with Crippen molar-refractivity contribution in [2.75, 3.05) is 4.72 Å². The molecule has 0 atom stereocenters. The van der Waals surface area contributed by atoms with E-state index in [1.165, 1.54) is 6.20 Å². The minimum atomic E-state index is -3.61. The number of sulfonamides is 1. The second-order valence-corrected chi connectivity index (χ2v) is 7.57. The van der Waals surface area contributed by atoms with Crippen molar-refractivity contribution in [1.29, 1.82) is 0 Å². The minimum absolute atomic E-state index is 0.205. The first-order valence-electron chi connectivity index (χ1n) is 6.88. The summed E-state index contributed by atoms with van der Waals surface area (Å²) in [6.07, 6.45) is 3.17. The first-order valence-corrected chi connectivity index (χ1v) is 9.15. The molecule has 118 valence electrons. The van der Waals surface area contributed by atoms with E-state index in [4.69, 9.17) is 0 Å². The molecule has 0 saturated heterocycles. The fourth-order valence-electron chi connectivity index (χ4n) is 2.10. The average Bonchev–Trinajstić information content (AvgIpc) is 2.95. The zero-order valence-corrected chi connectivity index (χ0v) is 14.5. The first-order chi connectivity index (χ1) is 11.0. The lowest BCUT2D eigenvalue weighted by molar-refractivity contribution is 0.601. The summed E-state index contributed by atoms with van der Waals surface area (Å²) in [4.78, 5) is 0.205. The summed E-state index contributed by atoms with van der Waals surface area (Å²) in [5.74, 6) is 0. The third-order valence-corrected chi connectivity index (χ3v) is 5.12. The number of nitrogens with one attached hydrogen (secondary N) is 1. The largest absolute Gasteiger partial charge is 0.276 e. The Morgan fingerprint density at radius 1 is 1.04 bits per heavy atom. The van der Waals surface area contributed by atoms with Crippen molar-refractivity contribution in [3.63, 3.8) is 0 Å². The van der Waals surface area contributed by atoms with E-state index >= 15 is 0 Å². The molecule has 0 aliphatic heterocycles. The van der Waals surface area contributed by atoms with E-state index in [-0.39, 0.29) is 4.90 Å². The molecule has 0 fully saturated rings. The van der Waals surface area contributed by atoms with Crippen molar-refractivity contribution in [1.82, 2.24) is 9.78 Å². The highest BCUT2D eigenvalue weighted by molar-refractivity contribution is 9.10. The standard InChI is InChI=1S/C16H14BrN3O2S/c17-14-6-8-16(9-7-14)23(21,22)19-15-10-18-20(12-15)11-13-4-2-1-3-5-13/h1-10,12,19H,11H2. The molecule has 0 aliphatic carbocycles. The van der Waals surface area contributed by atoms with Gasteiger partial charge in [0.1, 0.15) is 0 Å². The van der Waals surface area contributed by atoms with E-state index in [2.05, 4.69) is 25.8 Å². The molecule has 1 heterocycles. The fourth-order valence-corrected chi connectivity index (χ4v) is 3.39. The number of anilines is 1. The van der Waals surface area contributed by atoms with E-state index in [9.17, 15) is 8.42 Å². The summed E-state index contributed by atoms with van der Waals surface area (Å²) in [5, 5.41) is 4.19. The van der Waals surface area contributed by atoms with Gasteiger partial charge in [-0.05, 0) is 29.8 Å². The van der Waals surface area contributed by atoms with Crippen molar-refractivity contribution in [2.45, 2.75) is 11.4 Å². The predicted octanol–water partition coefficient (Wildman–Crippen LogP) is 3.49. The van der Waals surface area contributed by atoms with Crippen LogP contribution in [-0.4, -0.2) is 18.2 Å². The van der Waals surface area contributed by atoms with Crippen LogP contribution in [-0.2, 0) is 16.6 Å². The van der Waals surface area contributed by atoms with E-state index in [1.54, 1.807) is 35.1 Å². The van der Waals surface area contributed by atoms with Crippen LogP contribution < -0.4 is 4.72 Å². The van der Waals surface area contributed by atoms with Crippen LogP contribution in [0.5, 0.6) is 0 Å². The Kier molecular flexibility index (Phi) is 4.49. The minimum Gasteiger partial charge on any atom is -0.276 e. The van der Waals surface area contributed by atoms with Crippen LogP contribution in [0.4, 0.5) is 5.69 Å². The maximum Gasteiger partial charge on any atom is 0.261 e. The average molecular weight is 392 g/mol. The highest BCUT2D eigenvalue weighted by Crippen LogP contribution is 2.18. The number of nitrogens with zero attached hydrogens (tertiary/aromatic N) is 2. The Morgan fingerprint density at radius 3 is 2.43 bits per heavy atom. The predicted molar refractivity (Wildman–Crippen MR) is 92.7 cm³/mol. The summed E-state index contributed by atoms with van der Waals surface area (Å²) in [5.41, 5.74) is 1.53. The molecule has 0 saturated carbocycles. The van der Waals surface area contributed by atoms with Gasteiger partial charge in [0, 0.05) is 10.7 Å². The number of aromatic nitrogens is 2. The normalized spacial score (nSPS) is 11.3. The van der Waals surface area contributed by atoms with Crippen LogP contribution in [0.25, 0.3) is 0 Å². The highest BCUT2D eigenvalue weighted by atomic mass is 79.9. The van der Waals surface area contributed by atoms with Crippen molar-refractivity contribution in [2.24, 2.45) is 0 Å². The molecular weight excluding hydrogens is 378 g/mol. The monoisotopic (exact) mass is 391 g/mol. The van der Waals surface area contributed by atoms with Gasteiger partial charge in [0.15, 0.2) is 0 Å². The summed E-state index contributed by atoms with van der Waals surface area (Å²) in [6.45, 7) is 0.584. The van der Waals surface area contributed by atoms with Gasteiger partial charge < -0.3 is 0 Å². The van der Waals surface area contributed by atoms with Crippen molar-refractivity contribution in [3.05, 3.63) is 77.0 Å². The second kappa shape index (κ2) is 6.55. The van der Waals surface area contributed by atoms with Crippen LogP contribution in [0.15, 0.2) is 76.4 Å². The zero-order chi connectivity index (χ0) is 16.3. The summed E-state index contributed by atoms with van der Waals surface area (Å²) in [7, 11) is -3.61. The third-order valence-electron chi connectivity index (χ3n) is 3.20. The topological polar surface area (TPSA) is 64.0 Å². The van der Waals surface area contributed by atoms with Crippen molar-refractivity contribution >= 4 is 31.6 Å². The van der Waals surface area contributed by atoms with Crippen molar-refractivity contribution in [3.8, 4) is 0 Å². The molecule has 1 aromatic heterocycles. The molecule has 3 rings (SSSR count). The summed E-state index contributed by atoms with van der Waals surface area (Å²) in [6, 6.07) is 16.3. The Balaban J connectivity index is 1.74. The Bertz CT molecular complexity index is 891. The molecule has 0 unspecified atom stereocenters. The molecule has 0 amide bonds. The highest BCUT2D eigenvalue weighted by Gasteiger charge is 2.14. The van der Waals surface area contributed by atoms with Crippen LogP contribution in [0.2, 0.25) is 0 Å². The maximum atomic E-state index is 12.3. The number of hydrogen-bond acceptors (Lipinski definition) is 3. The van der Waals surface area contributed by atoms with Gasteiger partial charge in [0.25, 0.3) is 10.0 Å². The number of hydrogen-bond donors (Lipinski definition) is 1. The van der Waals surface area contributed by atoms with Gasteiger partial charge in [-0.3, -0.25) is 9.40 Å². The molecule has 0 spiro atoms. The van der Waals surface area contributed by atoms with Gasteiger partial charge in [0.05, 0.1) is 23.3 Å². The van der Waals surface area contributed by atoms with Gasteiger partial charge in [-0.25, -0.2) is 8.42 Å². The van der Waals surface area contributed by atoms with E-state index in [1.807, 2.05) is 30.3 Å². The van der Waals surface area contributed by atoms with Crippen molar-refractivity contribution < 1.29 is 8.42 Å². The molecule has 0 aliphatic rings. The van der Waals surface area contributed by atoms with Crippen LogP contribution in [0.3, 0.4) is 0 Å². The van der Waals surface area contributed by atoms with Crippen LogP contribution in [0.1, 0.15) is 5.56 Å². The molecule has 5 nitrogen and oxygen atoms in total. The molecule has 0 radical (unpaired) electrons. The molecule has 23 heavy (non-hydrogen) atoms. The third kappa shape index (κ3) is 4.00. The molecular formula is C16H14BrN3O2S. The van der Waals surface area contributed by atoms with Crippen LogP contribution >= 0.6 is 15.9 Å². The van der Waals surface area contributed by atoms with Gasteiger partial charge >= 0.3 is 0 Å². The molecule has 7 heteroatoms. The van der Waals surface area contributed by atoms with Crippen LogP contribution in [0, 0.1) is 0 Å². The molecule has 0 bridgehead atoms. The lowest BCUT2D eigenvalue weighted by atomic mass is 10.2. The Labute approximate surface area is 143 Å². The first kappa shape index (κ1) is 15.8. The lowest BCUT2D eigenvalue weighted by Gasteiger charge is -2.06. The smallest absolute Gasteiger partial charge is 0.261 e. The van der Waals surface area contributed by atoms with Gasteiger partial charge in [-0.2, -0.15) is 5.10 Å². The van der Waals surface area contributed by atoms with Gasteiger partial charge in [-0.15, -0.1) is 0 Å². The molecule has 3 aromatic rings. The Morgan fingerprint density at radius 2 is 1.74 bits per heavy atom. The van der Waals surface area contributed by atoms with E-state index < -0.39 is 10.0 Å². The number of halogens is 1. The number of benzene rings is 2. The van der Waals surface area contributed by atoms with E-state index in [0.29, 0.717) is 12.2 Å². The summed E-state index contributed by atoms with van der Waals surface area (Å²) >= 11 is 3.29. The molecule has 2 aromatic carbocycles. The Hall–Kier alpha value is -2.12. The zero-order valence-electron chi connectivity index (χ0n) is 12.1. The van der Waals surface area contributed by atoms with Gasteiger partial charge in [-0.1, -0.05) is 46.3 Å². The van der Waals surface area contributed by atoms with E-state index in [0.717, 1.165) is 10.0 Å². The SMILES string of the molecule is O=S(=O)(Nc1cnn(Cc2ccccc2)c1)c1ccc(Br)cc1. The lowest BCUT2D eigenvalue weighted by Crippen LogP contribution is -2.12. The fraction of sp³-hybridized carbons (Fsp3) is 0.0625. The molecule has 1 N–H and O–H groups in total.